The number of aromatic amines is 2. The van der Waals surface area contributed by atoms with E-state index in [1.54, 1.807) is 20.8 Å². The van der Waals surface area contributed by atoms with E-state index in [-0.39, 0.29) is 27.3 Å². The number of nitrogens with one attached hydrogen (secondary N) is 3. The summed E-state index contributed by atoms with van der Waals surface area (Å²) in [5.41, 5.74) is 0.384. The van der Waals surface area contributed by atoms with Gasteiger partial charge in [0.2, 0.25) is 0 Å². The number of hydrogen-bond donors (Lipinski definition) is 3. The van der Waals surface area contributed by atoms with Crippen molar-refractivity contribution >= 4 is 24.0 Å². The van der Waals surface area contributed by atoms with Gasteiger partial charge in [0, 0.05) is 5.70 Å². The van der Waals surface area contributed by atoms with Crippen molar-refractivity contribution in [2.24, 2.45) is 0 Å². The number of H-pyrrole nitrogens is 2. The molecule has 142 valence electrons. The van der Waals surface area contributed by atoms with E-state index < -0.39 is 35.2 Å². The molecule has 1 aromatic carbocycles. The minimum Gasteiger partial charge on any atom is -0.460 e. The van der Waals surface area contributed by atoms with Crippen molar-refractivity contribution < 1.29 is 18.3 Å². The van der Waals surface area contributed by atoms with E-state index in [1.807, 2.05) is 0 Å². The van der Waals surface area contributed by atoms with Gasteiger partial charge in [-0.3, -0.25) is 9.78 Å². The third-order valence-corrected chi connectivity index (χ3v) is 4.32. The first-order valence-corrected chi connectivity index (χ1v) is 8.60. The molecule has 0 radical (unpaired) electrons. The van der Waals surface area contributed by atoms with Gasteiger partial charge in [0.1, 0.15) is 5.82 Å². The van der Waals surface area contributed by atoms with Gasteiger partial charge < -0.3 is 15.0 Å². The first-order chi connectivity index (χ1) is 12.7. The van der Waals surface area contributed by atoms with Crippen molar-refractivity contribution in [2.75, 3.05) is 5.32 Å². The Morgan fingerprint density at radius 1 is 1.22 bits per heavy atom. The van der Waals surface area contributed by atoms with E-state index in [9.17, 15) is 18.4 Å². The second-order valence-corrected chi connectivity index (χ2v) is 6.83. The van der Waals surface area contributed by atoms with Gasteiger partial charge in [0.25, 0.3) is 5.56 Å². The number of carbonyl (C=O) groups excluding carboxylic acids is 1. The molecule has 0 aliphatic carbocycles. The number of ether oxygens (including phenoxy) is 1. The minimum absolute atomic E-state index is 0.0938. The molecule has 6 nitrogen and oxygen atoms in total. The fourth-order valence-electron chi connectivity index (χ4n) is 3.06. The maximum Gasteiger partial charge on any atom is 0.337 e. The predicted molar refractivity (Wildman–Crippen MR) is 98.0 cm³/mol. The van der Waals surface area contributed by atoms with Crippen LogP contribution in [0.25, 0.3) is 0 Å². The first kappa shape index (κ1) is 19.0. The Bertz CT molecular complexity index is 1070. The molecule has 0 saturated carbocycles. The summed E-state index contributed by atoms with van der Waals surface area (Å²) < 4.78 is 32.7. The van der Waals surface area contributed by atoms with Crippen LogP contribution in [0.5, 0.6) is 0 Å². The van der Waals surface area contributed by atoms with Crippen LogP contribution in [0.4, 0.5) is 14.6 Å². The summed E-state index contributed by atoms with van der Waals surface area (Å²) in [5, 5.41) is 2.94. The molecule has 0 fully saturated rings. The highest BCUT2D eigenvalue weighted by atomic mass is 32.1. The van der Waals surface area contributed by atoms with Gasteiger partial charge in [-0.1, -0.05) is 6.07 Å². The first-order valence-electron chi connectivity index (χ1n) is 8.19. The molecule has 3 N–H and O–H groups in total. The number of esters is 1. The number of allylic oxidation sites excluding steroid dienone is 1. The van der Waals surface area contributed by atoms with E-state index in [0.29, 0.717) is 5.70 Å². The molecule has 0 bridgehead atoms. The fourth-order valence-corrected chi connectivity index (χ4v) is 3.25. The van der Waals surface area contributed by atoms with E-state index in [4.69, 9.17) is 17.0 Å². The number of benzene rings is 1. The molecular formula is C18H17F2N3O3S. The van der Waals surface area contributed by atoms with Gasteiger partial charge in [-0.15, -0.1) is 0 Å². The van der Waals surface area contributed by atoms with Gasteiger partial charge in [0.05, 0.1) is 23.2 Å². The van der Waals surface area contributed by atoms with Gasteiger partial charge in [-0.05, 0) is 50.7 Å². The molecule has 0 amide bonds. The molecule has 2 aromatic rings. The maximum absolute atomic E-state index is 13.9. The van der Waals surface area contributed by atoms with Crippen LogP contribution in [0, 0.1) is 16.4 Å². The van der Waals surface area contributed by atoms with Crippen LogP contribution in [-0.2, 0) is 9.53 Å². The number of carbonyl (C=O) groups is 1. The monoisotopic (exact) mass is 393 g/mol. The Morgan fingerprint density at radius 3 is 2.56 bits per heavy atom. The molecule has 2 heterocycles. The normalized spacial score (nSPS) is 16.1. The number of anilines is 1. The van der Waals surface area contributed by atoms with Crippen molar-refractivity contribution in [3.63, 3.8) is 0 Å². The number of rotatable bonds is 3. The topological polar surface area (TPSA) is 87.0 Å². The Morgan fingerprint density at radius 2 is 1.93 bits per heavy atom. The Kier molecular flexibility index (Phi) is 4.97. The van der Waals surface area contributed by atoms with Gasteiger partial charge in [-0.25, -0.2) is 13.6 Å². The highest BCUT2D eigenvalue weighted by Gasteiger charge is 2.36. The predicted octanol–water partition coefficient (Wildman–Crippen LogP) is 3.49. The lowest BCUT2D eigenvalue weighted by Crippen LogP contribution is -2.31. The van der Waals surface area contributed by atoms with Crippen LogP contribution in [-0.4, -0.2) is 22.0 Å². The highest BCUT2D eigenvalue weighted by Crippen LogP contribution is 2.39. The minimum atomic E-state index is -1.08. The lowest BCUT2D eigenvalue weighted by atomic mass is 9.82. The summed E-state index contributed by atoms with van der Waals surface area (Å²) in [4.78, 5) is 30.6. The smallest absolute Gasteiger partial charge is 0.337 e. The van der Waals surface area contributed by atoms with E-state index >= 15 is 0 Å². The fraction of sp³-hybridized carbons (Fsp3) is 0.278. The molecule has 27 heavy (non-hydrogen) atoms. The van der Waals surface area contributed by atoms with Gasteiger partial charge >= 0.3 is 5.97 Å². The molecule has 1 atom stereocenters. The van der Waals surface area contributed by atoms with Crippen LogP contribution in [0.15, 0.2) is 34.3 Å². The second kappa shape index (κ2) is 7.07. The second-order valence-electron chi connectivity index (χ2n) is 6.42. The summed E-state index contributed by atoms with van der Waals surface area (Å²) in [6.07, 6.45) is -0.398. The zero-order chi connectivity index (χ0) is 19.9. The van der Waals surface area contributed by atoms with Crippen molar-refractivity contribution in [1.29, 1.82) is 0 Å². The summed E-state index contributed by atoms with van der Waals surface area (Å²) in [7, 11) is 0. The van der Waals surface area contributed by atoms with Gasteiger partial charge in [0.15, 0.2) is 16.4 Å². The zero-order valence-corrected chi connectivity index (χ0v) is 15.6. The molecule has 9 heteroatoms. The van der Waals surface area contributed by atoms with Crippen molar-refractivity contribution in [2.45, 2.75) is 32.8 Å². The molecule has 0 spiro atoms. The lowest BCUT2D eigenvalue weighted by Gasteiger charge is -2.29. The average molecular weight is 393 g/mol. The number of fused-ring (bicyclic) bond motifs is 1. The Labute approximate surface area is 158 Å². The number of aromatic nitrogens is 2. The van der Waals surface area contributed by atoms with Crippen LogP contribution < -0.4 is 10.9 Å². The van der Waals surface area contributed by atoms with E-state index in [0.717, 1.165) is 12.1 Å². The van der Waals surface area contributed by atoms with E-state index in [1.165, 1.54) is 6.07 Å². The van der Waals surface area contributed by atoms with Crippen LogP contribution in [0.1, 0.15) is 37.8 Å². The molecular weight excluding hydrogens is 376 g/mol. The van der Waals surface area contributed by atoms with Crippen molar-refractivity contribution in [3.8, 4) is 0 Å². The van der Waals surface area contributed by atoms with Crippen LogP contribution in [0.2, 0.25) is 0 Å². The summed E-state index contributed by atoms with van der Waals surface area (Å²) in [6.45, 7) is 5.01. The SMILES string of the molecule is CC1=C(C(=O)OC(C)C)[C@H](c2ccc(F)c(F)c2)c2c([nH]c(=S)[nH]c2=O)N1. The molecule has 0 saturated heterocycles. The number of hydrogen-bond acceptors (Lipinski definition) is 5. The highest BCUT2D eigenvalue weighted by molar-refractivity contribution is 7.71. The van der Waals surface area contributed by atoms with Gasteiger partial charge in [-0.2, -0.15) is 0 Å². The summed E-state index contributed by atoms with van der Waals surface area (Å²) in [6, 6.07) is 3.24. The third kappa shape index (κ3) is 3.55. The zero-order valence-electron chi connectivity index (χ0n) is 14.8. The third-order valence-electron chi connectivity index (χ3n) is 4.11. The Hall–Kier alpha value is -2.81. The molecule has 1 aliphatic heterocycles. The van der Waals surface area contributed by atoms with Crippen molar-refractivity contribution in [1.82, 2.24) is 9.97 Å². The summed E-state index contributed by atoms with van der Waals surface area (Å²) in [5.74, 6) is -3.43. The molecule has 1 aliphatic rings. The van der Waals surface area contributed by atoms with Crippen molar-refractivity contribution in [3.05, 3.63) is 67.4 Å². The van der Waals surface area contributed by atoms with E-state index in [2.05, 4.69) is 15.3 Å². The average Bonchev–Trinajstić information content (AvgIpc) is 2.55. The molecule has 3 rings (SSSR count). The quantitative estimate of drug-likeness (QED) is 0.549. The standard InChI is InChI=1S/C18H17F2N3O3S/c1-7(2)26-17(25)12-8(3)21-15-14(16(24)23-18(27)22-15)13(12)9-4-5-10(19)11(20)6-9/h4-7,13H,1-3H3,(H3,21,22,23,24,27)/t13-/m0/s1. The lowest BCUT2D eigenvalue weighted by molar-refractivity contribution is -0.143. The molecule has 0 unspecified atom stereocenters. The summed E-state index contributed by atoms with van der Waals surface area (Å²) >= 11 is 4.99. The van der Waals surface area contributed by atoms with Crippen LogP contribution >= 0.6 is 12.2 Å². The molecule has 1 aromatic heterocycles. The maximum atomic E-state index is 13.9. The van der Waals surface area contributed by atoms with Crippen LogP contribution in [0.3, 0.4) is 0 Å². The number of halogens is 2. The largest absolute Gasteiger partial charge is 0.460 e. The Balaban J connectivity index is 2.28.